The van der Waals surface area contributed by atoms with Crippen LogP contribution in [0.4, 0.5) is 0 Å². The van der Waals surface area contributed by atoms with Gasteiger partial charge in [0.05, 0.1) is 6.61 Å². The van der Waals surface area contributed by atoms with Crippen LogP contribution >= 0.6 is 0 Å². The molecule has 0 rings (SSSR count). The lowest BCUT2D eigenvalue weighted by Gasteiger charge is -1.99. The van der Waals surface area contributed by atoms with E-state index in [2.05, 4.69) is 4.43 Å². The predicted molar refractivity (Wildman–Crippen MR) is 46.3 cm³/mol. The van der Waals surface area contributed by atoms with Crippen LogP contribution in [-0.4, -0.2) is 29.7 Å². The minimum Gasteiger partial charge on any atom is -0.526 e. The molecule has 4 heteroatoms. The van der Waals surface area contributed by atoms with E-state index in [0.717, 1.165) is 0 Å². The van der Waals surface area contributed by atoms with Gasteiger partial charge >= 0.3 is 5.97 Å². The first-order valence-electron chi connectivity index (χ1n) is 3.55. The molecule has 0 aromatic heterocycles. The van der Waals surface area contributed by atoms with Crippen LogP contribution in [0, 0.1) is 0 Å². The second-order valence-corrected chi connectivity index (χ2v) is 2.45. The zero-order chi connectivity index (χ0) is 8.69. The third-order valence-electron chi connectivity index (χ3n) is 1.22. The fourth-order valence-corrected chi connectivity index (χ4v) is 0.868. The number of hydrogen-bond acceptors (Lipinski definition) is 3. The second-order valence-electron chi connectivity index (χ2n) is 2.04. The molecule has 0 spiro atoms. The van der Waals surface area contributed by atoms with Crippen LogP contribution in [0.15, 0.2) is 11.6 Å². The van der Waals surface area contributed by atoms with Crippen molar-refractivity contribution in [3.8, 4) is 0 Å². The maximum atomic E-state index is 10.8. The van der Waals surface area contributed by atoms with E-state index in [1.54, 1.807) is 13.0 Å². The van der Waals surface area contributed by atoms with Crippen molar-refractivity contribution in [2.75, 3.05) is 13.2 Å². The summed E-state index contributed by atoms with van der Waals surface area (Å²) >= 11 is 0. The van der Waals surface area contributed by atoms with Gasteiger partial charge in [-0.25, -0.2) is 4.79 Å². The summed E-state index contributed by atoms with van der Waals surface area (Å²) in [5, 5.41) is 0. The first-order valence-corrected chi connectivity index (χ1v) is 4.36. The van der Waals surface area contributed by atoms with Gasteiger partial charge < -0.3 is 9.16 Å². The molecule has 0 saturated carbocycles. The van der Waals surface area contributed by atoms with E-state index < -0.39 is 0 Å². The molecule has 0 atom stereocenters. The highest BCUT2D eigenvalue weighted by molar-refractivity contribution is 6.09. The fourth-order valence-electron chi connectivity index (χ4n) is 0.546. The Morgan fingerprint density at radius 3 is 2.73 bits per heavy atom. The van der Waals surface area contributed by atoms with Crippen molar-refractivity contribution in [1.82, 2.24) is 0 Å². The van der Waals surface area contributed by atoms with Crippen molar-refractivity contribution in [2.45, 2.75) is 13.8 Å². The molecule has 0 aromatic carbocycles. The van der Waals surface area contributed by atoms with Crippen LogP contribution in [0.2, 0.25) is 0 Å². The minimum absolute atomic E-state index is 0.239. The lowest BCUT2D eigenvalue weighted by atomic mass is 10.3. The third kappa shape index (κ3) is 4.75. The maximum Gasteiger partial charge on any atom is 0.319 e. The Morgan fingerprint density at radius 1 is 1.64 bits per heavy atom. The summed E-state index contributed by atoms with van der Waals surface area (Å²) < 4.78 is 9.64. The van der Waals surface area contributed by atoms with Gasteiger partial charge in [-0.05, 0) is 19.9 Å². The topological polar surface area (TPSA) is 35.5 Å². The number of carbonyl (C=O) groups is 1. The SMILES string of the molecule is CCOCC=C(C)C(=O)O[SiH3]. The summed E-state index contributed by atoms with van der Waals surface area (Å²) in [6.45, 7) is 4.78. The molecule has 0 bridgehead atoms. The van der Waals surface area contributed by atoms with Gasteiger partial charge in [-0.3, -0.25) is 0 Å². The maximum absolute atomic E-state index is 10.8. The van der Waals surface area contributed by atoms with E-state index in [1.165, 1.54) is 0 Å². The molecule has 0 unspecified atom stereocenters. The second kappa shape index (κ2) is 6.12. The van der Waals surface area contributed by atoms with E-state index in [9.17, 15) is 4.79 Å². The van der Waals surface area contributed by atoms with E-state index in [-0.39, 0.29) is 5.97 Å². The summed E-state index contributed by atoms with van der Waals surface area (Å²) in [6, 6.07) is 0. The lowest BCUT2D eigenvalue weighted by molar-refractivity contribution is -0.129. The summed E-state index contributed by atoms with van der Waals surface area (Å²) in [7, 11) is 0.449. The molecule has 0 aromatic rings. The molecule has 3 nitrogen and oxygen atoms in total. The van der Waals surface area contributed by atoms with Crippen LogP contribution in [0.25, 0.3) is 0 Å². The molecule has 0 aliphatic rings. The Balaban J connectivity index is 3.71. The quantitative estimate of drug-likeness (QED) is 0.336. The monoisotopic (exact) mass is 174 g/mol. The average Bonchev–Trinajstić information content (AvgIpc) is 2.03. The predicted octanol–water partition coefficient (Wildman–Crippen LogP) is -0.207. The Hall–Kier alpha value is -0.613. The summed E-state index contributed by atoms with van der Waals surface area (Å²) in [5.74, 6) is -0.239. The van der Waals surface area contributed by atoms with Gasteiger partial charge in [-0.2, -0.15) is 0 Å². The molecule has 0 fully saturated rings. The van der Waals surface area contributed by atoms with Gasteiger partial charge in [0.25, 0.3) is 0 Å². The normalized spacial score (nSPS) is 11.6. The minimum atomic E-state index is -0.239. The first-order chi connectivity index (χ1) is 5.22. The van der Waals surface area contributed by atoms with Crippen molar-refractivity contribution in [1.29, 1.82) is 0 Å². The van der Waals surface area contributed by atoms with Crippen LogP contribution in [0.1, 0.15) is 13.8 Å². The van der Waals surface area contributed by atoms with E-state index in [4.69, 9.17) is 4.74 Å². The van der Waals surface area contributed by atoms with Crippen molar-refractivity contribution in [3.05, 3.63) is 11.6 Å². The number of hydrogen-bond donors (Lipinski definition) is 0. The Morgan fingerprint density at radius 2 is 2.27 bits per heavy atom. The van der Waals surface area contributed by atoms with Crippen LogP contribution in [0.3, 0.4) is 0 Å². The van der Waals surface area contributed by atoms with Gasteiger partial charge in [0.15, 0.2) is 0 Å². The molecule has 0 aliphatic carbocycles. The van der Waals surface area contributed by atoms with Crippen molar-refractivity contribution < 1.29 is 14.0 Å². The van der Waals surface area contributed by atoms with E-state index in [1.807, 2.05) is 6.92 Å². The van der Waals surface area contributed by atoms with Crippen LogP contribution < -0.4 is 0 Å². The highest BCUT2D eigenvalue weighted by Gasteiger charge is 1.99. The van der Waals surface area contributed by atoms with Crippen LogP contribution in [-0.2, 0) is 14.0 Å². The molecular formula is C7H14O3Si. The van der Waals surface area contributed by atoms with Crippen molar-refractivity contribution >= 4 is 16.5 Å². The third-order valence-corrected chi connectivity index (χ3v) is 1.59. The summed E-state index contributed by atoms with van der Waals surface area (Å²) in [5.41, 5.74) is 0.619. The zero-order valence-electron chi connectivity index (χ0n) is 7.22. The molecule has 11 heavy (non-hydrogen) atoms. The molecule has 0 amide bonds. The van der Waals surface area contributed by atoms with Crippen molar-refractivity contribution in [3.63, 3.8) is 0 Å². The first kappa shape index (κ1) is 10.4. The number of rotatable bonds is 4. The molecule has 64 valence electrons. The largest absolute Gasteiger partial charge is 0.526 e. The average molecular weight is 174 g/mol. The highest BCUT2D eigenvalue weighted by Crippen LogP contribution is 1.94. The summed E-state index contributed by atoms with van der Waals surface area (Å²) in [4.78, 5) is 10.8. The molecule has 0 N–H and O–H groups in total. The Kier molecular flexibility index (Phi) is 5.78. The standard InChI is InChI=1S/C7H14O3Si/c1-3-9-5-4-6(2)7(8)10-11/h4H,3,5H2,1-2,11H3. The smallest absolute Gasteiger partial charge is 0.319 e. The number of ether oxygens (including phenoxy) is 1. The van der Waals surface area contributed by atoms with Crippen LogP contribution in [0.5, 0.6) is 0 Å². The molecule has 0 aliphatic heterocycles. The van der Waals surface area contributed by atoms with Gasteiger partial charge in [-0.15, -0.1) is 0 Å². The van der Waals surface area contributed by atoms with Gasteiger partial charge in [-0.1, -0.05) is 0 Å². The van der Waals surface area contributed by atoms with Gasteiger partial charge in [0.2, 0.25) is 10.5 Å². The Labute approximate surface area is 69.9 Å². The fraction of sp³-hybridized carbons (Fsp3) is 0.571. The van der Waals surface area contributed by atoms with E-state index >= 15 is 0 Å². The van der Waals surface area contributed by atoms with E-state index in [0.29, 0.717) is 29.3 Å². The molecule has 0 heterocycles. The van der Waals surface area contributed by atoms with Gasteiger partial charge in [0, 0.05) is 12.2 Å². The zero-order valence-corrected chi connectivity index (χ0v) is 9.22. The molecule has 0 radical (unpaired) electrons. The highest BCUT2D eigenvalue weighted by atomic mass is 28.2. The number of carbonyl (C=O) groups excluding carboxylic acids is 1. The Bertz CT molecular complexity index is 154. The van der Waals surface area contributed by atoms with Crippen molar-refractivity contribution in [2.24, 2.45) is 0 Å². The summed E-state index contributed by atoms with van der Waals surface area (Å²) in [6.07, 6.45) is 1.73. The molecule has 0 saturated heterocycles. The molecular weight excluding hydrogens is 160 g/mol. The lowest BCUT2D eigenvalue weighted by Crippen LogP contribution is -2.03. The van der Waals surface area contributed by atoms with Gasteiger partial charge in [0.1, 0.15) is 0 Å².